The summed E-state index contributed by atoms with van der Waals surface area (Å²) < 4.78 is 71.7. The maximum absolute atomic E-state index is 14.0. The Bertz CT molecular complexity index is 1870. The van der Waals surface area contributed by atoms with Gasteiger partial charge in [0.1, 0.15) is 0 Å². The molecule has 17 heteroatoms. The number of methoxy groups -OCH3 is 1. The van der Waals surface area contributed by atoms with E-state index in [1.54, 1.807) is 44.2 Å². The monoisotopic (exact) mass is 669 g/mol. The molecule has 242 valence electrons. The molecule has 0 fully saturated rings. The van der Waals surface area contributed by atoms with Crippen molar-refractivity contribution in [3.05, 3.63) is 89.7 Å². The van der Waals surface area contributed by atoms with Crippen LogP contribution in [0.2, 0.25) is 0 Å². The number of rotatable bonds is 13. The number of aromatic nitrogens is 2. The van der Waals surface area contributed by atoms with E-state index < -0.39 is 25.9 Å². The Labute approximate surface area is 266 Å². The minimum atomic E-state index is -3.58. The summed E-state index contributed by atoms with van der Waals surface area (Å²) in [5, 5.41) is 11.8. The number of sulfonamides is 2. The number of benzene rings is 3. The van der Waals surface area contributed by atoms with Gasteiger partial charge >= 0.3 is 0 Å². The third-order valence-corrected chi connectivity index (χ3v) is 9.37. The van der Waals surface area contributed by atoms with Crippen LogP contribution in [0.15, 0.2) is 92.8 Å². The lowest BCUT2D eigenvalue weighted by molar-refractivity contribution is 0.387. The number of nitrogens with one attached hydrogen (secondary N) is 5. The number of hydrogen-bond donors (Lipinski definition) is 5. The van der Waals surface area contributed by atoms with Gasteiger partial charge in [-0.3, -0.25) is 10.9 Å². The summed E-state index contributed by atoms with van der Waals surface area (Å²) >= 11 is 0. The topological polar surface area (TPSA) is 188 Å². The first-order valence-electron chi connectivity index (χ1n) is 13.5. The smallest absolute Gasteiger partial charge is 0.240 e. The van der Waals surface area contributed by atoms with Crippen molar-refractivity contribution in [2.75, 3.05) is 37.4 Å². The summed E-state index contributed by atoms with van der Waals surface area (Å²) in [6, 6.07) is 18.1. The molecule has 1 aromatic heterocycles. The molecule has 0 spiro atoms. The molecule has 0 atom stereocenters. The van der Waals surface area contributed by atoms with E-state index in [1.165, 1.54) is 63.7 Å². The standard InChI is InChI=1S/C29H32FN9O5S2/c1-18(20-6-11-23(12-7-20)45(40,41)31-3)36-38-27-17-28(35-29(34-27)33-22-10-15-25(30)26(16-22)44-5)39-37-19(2)21-8-13-24(14-9-21)46(42,43)32-4/h6-17,31-32H,1-5H3,(H3,33,34,35,38,39). The highest BCUT2D eigenvalue weighted by molar-refractivity contribution is 7.89. The Balaban J connectivity index is 1.61. The number of ether oxygens (including phenoxy) is 1. The van der Waals surface area contributed by atoms with Crippen LogP contribution in [0.3, 0.4) is 0 Å². The third kappa shape index (κ3) is 8.39. The van der Waals surface area contributed by atoms with Gasteiger partial charge in [-0.15, -0.1) is 0 Å². The molecule has 0 radical (unpaired) electrons. The number of anilines is 4. The van der Waals surface area contributed by atoms with Crippen molar-refractivity contribution in [1.29, 1.82) is 0 Å². The van der Waals surface area contributed by atoms with E-state index in [2.05, 4.69) is 45.8 Å². The molecule has 0 aliphatic carbocycles. The summed E-state index contributed by atoms with van der Waals surface area (Å²) in [5.41, 5.74) is 8.61. The van der Waals surface area contributed by atoms with Gasteiger partial charge in [-0.2, -0.15) is 20.2 Å². The van der Waals surface area contributed by atoms with Crippen LogP contribution >= 0.6 is 0 Å². The molecule has 4 rings (SSSR count). The number of halogens is 1. The largest absolute Gasteiger partial charge is 0.494 e. The van der Waals surface area contributed by atoms with Crippen molar-refractivity contribution in [3.8, 4) is 5.75 Å². The molecule has 0 saturated carbocycles. The van der Waals surface area contributed by atoms with Crippen molar-refractivity contribution in [2.24, 2.45) is 10.2 Å². The Morgan fingerprint density at radius 2 is 1.17 bits per heavy atom. The number of nitrogens with zero attached hydrogens (tertiary/aromatic N) is 4. The zero-order valence-electron chi connectivity index (χ0n) is 25.5. The predicted molar refractivity (Wildman–Crippen MR) is 175 cm³/mol. The zero-order valence-corrected chi connectivity index (χ0v) is 27.1. The third-order valence-electron chi connectivity index (χ3n) is 6.51. The van der Waals surface area contributed by atoms with Crippen LogP contribution in [0.25, 0.3) is 0 Å². The Morgan fingerprint density at radius 1 is 0.717 bits per heavy atom. The fraction of sp³-hybridized carbons (Fsp3) is 0.172. The number of hydrazone groups is 2. The quantitative estimate of drug-likeness (QED) is 0.103. The van der Waals surface area contributed by atoms with Gasteiger partial charge in [0.15, 0.2) is 23.2 Å². The maximum atomic E-state index is 14.0. The average molecular weight is 670 g/mol. The van der Waals surface area contributed by atoms with Crippen LogP contribution in [0.5, 0.6) is 5.75 Å². The molecule has 3 aromatic carbocycles. The van der Waals surface area contributed by atoms with E-state index >= 15 is 0 Å². The lowest BCUT2D eigenvalue weighted by Crippen LogP contribution is -2.18. The molecule has 1 heterocycles. The van der Waals surface area contributed by atoms with Crippen LogP contribution < -0.4 is 30.3 Å². The fourth-order valence-corrected chi connectivity index (χ4v) is 5.34. The van der Waals surface area contributed by atoms with E-state index in [0.717, 1.165) is 0 Å². The second kappa shape index (κ2) is 14.4. The van der Waals surface area contributed by atoms with Gasteiger partial charge in [-0.25, -0.2) is 30.7 Å². The Kier molecular flexibility index (Phi) is 10.6. The van der Waals surface area contributed by atoms with Crippen LogP contribution in [-0.2, 0) is 20.0 Å². The van der Waals surface area contributed by atoms with Gasteiger partial charge < -0.3 is 10.1 Å². The fourth-order valence-electron chi connectivity index (χ4n) is 3.88. The predicted octanol–water partition coefficient (Wildman–Crippen LogP) is 3.86. The lowest BCUT2D eigenvalue weighted by Gasteiger charge is -2.11. The van der Waals surface area contributed by atoms with Gasteiger partial charge in [0, 0.05) is 17.8 Å². The first-order chi connectivity index (χ1) is 21.8. The van der Waals surface area contributed by atoms with Crippen molar-refractivity contribution in [2.45, 2.75) is 23.6 Å². The molecule has 0 unspecified atom stereocenters. The molecule has 46 heavy (non-hydrogen) atoms. The highest BCUT2D eigenvalue weighted by atomic mass is 32.2. The first-order valence-corrected chi connectivity index (χ1v) is 16.5. The average Bonchev–Trinajstić information content (AvgIpc) is 3.07. The SMILES string of the molecule is CNS(=O)(=O)c1ccc(C(C)=NNc2cc(NN=C(C)c3ccc(S(=O)(=O)NC)cc3)nc(Nc3ccc(F)c(OC)c3)n2)cc1. The molecule has 0 amide bonds. The molecule has 0 aliphatic heterocycles. The first kappa shape index (κ1) is 33.9. The van der Waals surface area contributed by atoms with E-state index in [4.69, 9.17) is 4.74 Å². The second-order valence-corrected chi connectivity index (χ2v) is 13.3. The van der Waals surface area contributed by atoms with Crippen molar-refractivity contribution < 1.29 is 26.0 Å². The zero-order chi connectivity index (χ0) is 33.5. The van der Waals surface area contributed by atoms with Gasteiger partial charge in [0.05, 0.1) is 28.3 Å². The highest BCUT2D eigenvalue weighted by Crippen LogP contribution is 2.25. The second-order valence-electron chi connectivity index (χ2n) is 9.52. The van der Waals surface area contributed by atoms with Gasteiger partial charge in [-0.05, 0) is 75.5 Å². The van der Waals surface area contributed by atoms with Gasteiger partial charge in [0.25, 0.3) is 0 Å². The Morgan fingerprint density at radius 3 is 1.59 bits per heavy atom. The minimum Gasteiger partial charge on any atom is -0.494 e. The maximum Gasteiger partial charge on any atom is 0.240 e. The summed E-state index contributed by atoms with van der Waals surface area (Å²) in [4.78, 5) is 9.12. The normalized spacial score (nSPS) is 12.5. The lowest BCUT2D eigenvalue weighted by atomic mass is 10.1. The van der Waals surface area contributed by atoms with Crippen molar-refractivity contribution in [3.63, 3.8) is 0 Å². The molecule has 0 saturated heterocycles. The van der Waals surface area contributed by atoms with Crippen LogP contribution in [0.4, 0.5) is 27.7 Å². The molecule has 14 nitrogen and oxygen atoms in total. The van der Waals surface area contributed by atoms with Crippen molar-refractivity contribution in [1.82, 2.24) is 19.4 Å². The summed E-state index contributed by atoms with van der Waals surface area (Å²) in [7, 11) is -3.13. The van der Waals surface area contributed by atoms with Crippen molar-refractivity contribution >= 4 is 54.7 Å². The molecular weight excluding hydrogens is 638 g/mol. The molecule has 4 aromatic rings. The Hall–Kier alpha value is -4.97. The summed E-state index contributed by atoms with van der Waals surface area (Å²) in [6.45, 7) is 3.47. The summed E-state index contributed by atoms with van der Waals surface area (Å²) in [6.07, 6.45) is 0. The van der Waals surface area contributed by atoms with E-state index in [1.807, 2.05) is 0 Å². The minimum absolute atomic E-state index is 0.0279. The number of hydrogen-bond acceptors (Lipinski definition) is 12. The molecule has 0 aliphatic rings. The van der Waals surface area contributed by atoms with E-state index in [9.17, 15) is 21.2 Å². The molecule has 5 N–H and O–H groups in total. The van der Waals surface area contributed by atoms with Crippen LogP contribution in [0.1, 0.15) is 25.0 Å². The van der Waals surface area contributed by atoms with E-state index in [0.29, 0.717) is 28.2 Å². The van der Waals surface area contributed by atoms with Crippen LogP contribution in [-0.4, -0.2) is 59.4 Å². The highest BCUT2D eigenvalue weighted by Gasteiger charge is 2.13. The molecular formula is C29H32FN9O5S2. The van der Waals surface area contributed by atoms with E-state index in [-0.39, 0.29) is 33.1 Å². The van der Waals surface area contributed by atoms with Gasteiger partial charge in [-0.1, -0.05) is 24.3 Å². The molecule has 0 bridgehead atoms. The summed E-state index contributed by atoms with van der Waals surface area (Å²) in [5.74, 6) is 0.134. The van der Waals surface area contributed by atoms with Gasteiger partial charge in [0.2, 0.25) is 26.0 Å². The van der Waals surface area contributed by atoms with Crippen LogP contribution in [0, 0.1) is 5.82 Å².